The van der Waals surface area contributed by atoms with Crippen LogP contribution in [0.1, 0.15) is 23.6 Å². The summed E-state index contributed by atoms with van der Waals surface area (Å²) < 4.78 is 19.1. The zero-order valence-electron chi connectivity index (χ0n) is 16.0. The number of aryl methyl sites for hydroxylation is 1. The highest BCUT2D eigenvalue weighted by atomic mass is 32.2. The van der Waals surface area contributed by atoms with Crippen molar-refractivity contribution in [2.45, 2.75) is 29.5 Å². The lowest BCUT2D eigenvalue weighted by molar-refractivity contribution is 0.277. The maximum Gasteiger partial charge on any atom is 0.200 e. The van der Waals surface area contributed by atoms with E-state index in [1.54, 1.807) is 0 Å². The van der Waals surface area contributed by atoms with Crippen molar-refractivity contribution in [1.82, 2.24) is 0 Å². The molecule has 0 amide bonds. The maximum absolute atomic E-state index is 13.1. The Kier molecular flexibility index (Phi) is 5.14. The molecule has 0 aliphatic carbocycles. The van der Waals surface area contributed by atoms with E-state index in [2.05, 4.69) is 24.3 Å². The van der Waals surface area contributed by atoms with Crippen LogP contribution >= 0.6 is 0 Å². The number of benzene rings is 3. The molecule has 3 aromatic carbocycles. The number of rotatable bonds is 5. The third kappa shape index (κ3) is 3.40. The van der Waals surface area contributed by atoms with E-state index in [1.165, 1.54) is 0 Å². The second-order valence-corrected chi connectivity index (χ2v) is 8.86. The van der Waals surface area contributed by atoms with Gasteiger partial charge in [-0.3, -0.25) is 4.21 Å². The highest BCUT2D eigenvalue weighted by Gasteiger charge is 2.42. The van der Waals surface area contributed by atoms with E-state index in [4.69, 9.17) is 9.73 Å². The van der Waals surface area contributed by atoms with Crippen LogP contribution in [-0.2, 0) is 21.1 Å². The minimum absolute atomic E-state index is 0.322. The molecule has 0 bridgehead atoms. The first-order chi connectivity index (χ1) is 13.6. The summed E-state index contributed by atoms with van der Waals surface area (Å²) in [5, 5.41) is -0.322. The molecule has 1 aliphatic heterocycles. The molecule has 1 aliphatic rings. The van der Waals surface area contributed by atoms with Crippen molar-refractivity contribution < 1.29 is 8.95 Å². The Balaban J connectivity index is 1.73. The number of hydrogen-bond acceptors (Lipinski definition) is 3. The second kappa shape index (κ2) is 7.72. The molecule has 3 aromatic rings. The van der Waals surface area contributed by atoms with E-state index in [1.807, 2.05) is 74.5 Å². The molecule has 1 heterocycles. The highest BCUT2D eigenvalue weighted by molar-refractivity contribution is 7.86. The lowest BCUT2D eigenvalue weighted by Gasteiger charge is -2.25. The van der Waals surface area contributed by atoms with Crippen LogP contribution in [0.4, 0.5) is 0 Å². The van der Waals surface area contributed by atoms with Gasteiger partial charge in [0.15, 0.2) is 0 Å². The van der Waals surface area contributed by atoms with Crippen molar-refractivity contribution in [3.05, 3.63) is 102 Å². The van der Waals surface area contributed by atoms with Gasteiger partial charge in [-0.15, -0.1) is 0 Å². The molecule has 0 saturated heterocycles. The highest BCUT2D eigenvalue weighted by Crippen LogP contribution is 2.38. The van der Waals surface area contributed by atoms with Gasteiger partial charge >= 0.3 is 0 Å². The Morgan fingerprint density at radius 1 is 0.893 bits per heavy atom. The lowest BCUT2D eigenvalue weighted by Crippen LogP contribution is -2.26. The molecule has 4 heteroatoms. The van der Waals surface area contributed by atoms with Crippen LogP contribution < -0.4 is 0 Å². The number of ether oxygens (including phenoxy) is 1. The minimum Gasteiger partial charge on any atom is -0.477 e. The monoisotopic (exact) mass is 389 g/mol. The van der Waals surface area contributed by atoms with Crippen LogP contribution in [0.2, 0.25) is 0 Å². The normalized spacial score (nSPS) is 17.4. The van der Waals surface area contributed by atoms with Gasteiger partial charge in [-0.05, 0) is 37.1 Å². The summed E-state index contributed by atoms with van der Waals surface area (Å²) in [6, 6.07) is 28.1. The summed E-state index contributed by atoms with van der Waals surface area (Å²) in [4.78, 5) is 5.82. The summed E-state index contributed by atoms with van der Waals surface area (Å²) in [6.45, 7) is 4.35. The molecule has 0 N–H and O–H groups in total. The van der Waals surface area contributed by atoms with Crippen molar-refractivity contribution >= 4 is 16.7 Å². The molecule has 28 heavy (non-hydrogen) atoms. The van der Waals surface area contributed by atoms with Gasteiger partial charge in [-0.1, -0.05) is 78.4 Å². The van der Waals surface area contributed by atoms with Gasteiger partial charge in [0, 0.05) is 4.90 Å². The van der Waals surface area contributed by atoms with Gasteiger partial charge in [0.2, 0.25) is 5.90 Å². The van der Waals surface area contributed by atoms with Crippen LogP contribution in [0.5, 0.6) is 0 Å². The SMILES string of the molecule is Cc1ccc([S@](=O)C(C)C2=NC(c3ccccc3)(c3ccccc3)CO2)cc1. The minimum atomic E-state index is -1.23. The summed E-state index contributed by atoms with van der Waals surface area (Å²) in [6.07, 6.45) is 0. The average molecular weight is 390 g/mol. The van der Waals surface area contributed by atoms with E-state index < -0.39 is 16.3 Å². The number of aliphatic imine (C=N–C) groups is 1. The van der Waals surface area contributed by atoms with Crippen LogP contribution in [0.3, 0.4) is 0 Å². The topological polar surface area (TPSA) is 38.7 Å². The molecule has 142 valence electrons. The molecule has 2 atom stereocenters. The zero-order valence-corrected chi connectivity index (χ0v) is 16.9. The molecule has 0 aromatic heterocycles. The van der Waals surface area contributed by atoms with Crippen molar-refractivity contribution in [1.29, 1.82) is 0 Å². The number of hydrogen-bond donors (Lipinski definition) is 0. The predicted molar refractivity (Wildman–Crippen MR) is 114 cm³/mol. The fourth-order valence-corrected chi connectivity index (χ4v) is 4.61. The standard InChI is InChI=1S/C24H23NO2S/c1-18-13-15-22(16-14-18)28(26)19(2)23-25-24(17-27-23,20-9-5-3-6-10-20)21-11-7-4-8-12-21/h3-16,19H,17H2,1-2H3/t19?,28-/m1/s1. The second-order valence-electron chi connectivity index (χ2n) is 7.08. The smallest absolute Gasteiger partial charge is 0.200 e. The fourth-order valence-electron chi connectivity index (χ4n) is 3.50. The first-order valence-corrected chi connectivity index (χ1v) is 10.6. The Morgan fingerprint density at radius 2 is 1.43 bits per heavy atom. The summed E-state index contributed by atoms with van der Waals surface area (Å²) in [7, 11) is -1.23. The Hall–Kier alpha value is -2.72. The predicted octanol–water partition coefficient (Wildman–Crippen LogP) is 4.86. The summed E-state index contributed by atoms with van der Waals surface area (Å²) in [5.41, 5.74) is 2.69. The van der Waals surface area contributed by atoms with Crippen molar-refractivity contribution in [2.75, 3.05) is 6.61 Å². The van der Waals surface area contributed by atoms with Crippen molar-refractivity contribution in [2.24, 2.45) is 4.99 Å². The van der Waals surface area contributed by atoms with E-state index in [0.717, 1.165) is 21.6 Å². The molecule has 3 nitrogen and oxygen atoms in total. The van der Waals surface area contributed by atoms with Crippen LogP contribution in [0.25, 0.3) is 0 Å². The largest absolute Gasteiger partial charge is 0.477 e. The van der Waals surface area contributed by atoms with Crippen LogP contribution in [0.15, 0.2) is 94.8 Å². The fraction of sp³-hybridized carbons (Fsp3) is 0.208. The third-order valence-corrected chi connectivity index (χ3v) is 6.74. The lowest BCUT2D eigenvalue weighted by atomic mass is 9.84. The van der Waals surface area contributed by atoms with Crippen molar-refractivity contribution in [3.63, 3.8) is 0 Å². The zero-order chi connectivity index (χ0) is 19.6. The Labute approximate surface area is 168 Å². The van der Waals surface area contributed by atoms with Gasteiger partial charge in [-0.25, -0.2) is 4.99 Å². The molecular formula is C24H23NO2S. The molecule has 0 spiro atoms. The molecule has 0 radical (unpaired) electrons. The van der Waals surface area contributed by atoms with Gasteiger partial charge in [0.05, 0.1) is 10.8 Å². The van der Waals surface area contributed by atoms with Gasteiger partial charge in [-0.2, -0.15) is 0 Å². The first kappa shape index (κ1) is 18.6. The molecular weight excluding hydrogens is 366 g/mol. The summed E-state index contributed by atoms with van der Waals surface area (Å²) >= 11 is 0. The average Bonchev–Trinajstić information content (AvgIpc) is 3.21. The maximum atomic E-state index is 13.1. The molecule has 4 rings (SSSR count). The van der Waals surface area contributed by atoms with E-state index >= 15 is 0 Å². The van der Waals surface area contributed by atoms with Gasteiger partial charge in [0.1, 0.15) is 17.4 Å². The molecule has 0 saturated carbocycles. The Morgan fingerprint density at radius 3 is 1.96 bits per heavy atom. The van der Waals surface area contributed by atoms with Gasteiger partial charge < -0.3 is 4.74 Å². The molecule has 1 unspecified atom stereocenters. The van der Waals surface area contributed by atoms with E-state index in [9.17, 15) is 4.21 Å². The molecule has 0 fully saturated rings. The van der Waals surface area contributed by atoms with Gasteiger partial charge in [0.25, 0.3) is 0 Å². The van der Waals surface area contributed by atoms with Crippen molar-refractivity contribution in [3.8, 4) is 0 Å². The van der Waals surface area contributed by atoms with Crippen LogP contribution in [-0.4, -0.2) is 22.0 Å². The number of nitrogens with zero attached hydrogens (tertiary/aromatic N) is 1. The van der Waals surface area contributed by atoms with E-state index in [0.29, 0.717) is 12.5 Å². The summed E-state index contributed by atoms with van der Waals surface area (Å²) in [5.74, 6) is 0.548. The quantitative estimate of drug-likeness (QED) is 0.625. The van der Waals surface area contributed by atoms with E-state index in [-0.39, 0.29) is 5.25 Å². The third-order valence-electron chi connectivity index (χ3n) is 5.15. The van der Waals surface area contributed by atoms with Crippen LogP contribution in [0, 0.1) is 6.92 Å². The first-order valence-electron chi connectivity index (χ1n) is 9.41. The Bertz CT molecular complexity index is 958.